The zero-order valence-electron chi connectivity index (χ0n) is 8.48. The molecule has 3 rings (SSSR count). The molecule has 0 bridgehead atoms. The molecule has 0 spiro atoms. The Hall–Kier alpha value is -1.08. The molecule has 0 saturated carbocycles. The van der Waals surface area contributed by atoms with Crippen LogP contribution >= 0.6 is 30.9 Å². The van der Waals surface area contributed by atoms with Crippen molar-refractivity contribution in [3.05, 3.63) is 46.4 Å². The van der Waals surface area contributed by atoms with Gasteiger partial charge in [-0.15, -0.1) is 0 Å². The summed E-state index contributed by atoms with van der Waals surface area (Å²) in [6.45, 7) is 0. The second kappa shape index (κ2) is 3.99. The van der Waals surface area contributed by atoms with Crippen molar-refractivity contribution in [2.75, 3.05) is 0 Å². The highest BCUT2D eigenvalue weighted by atomic mass is 35.5. The van der Waals surface area contributed by atoms with Crippen molar-refractivity contribution in [1.82, 2.24) is 0 Å². The van der Waals surface area contributed by atoms with Gasteiger partial charge in [-0.05, 0) is 28.8 Å². The summed E-state index contributed by atoms with van der Waals surface area (Å²) in [6.07, 6.45) is 0. The molecule has 0 amide bonds. The first-order chi connectivity index (χ1) is 8.16. The van der Waals surface area contributed by atoms with Crippen LogP contribution in [-0.2, 0) is 4.57 Å². The van der Waals surface area contributed by atoms with Crippen LogP contribution in [0.15, 0.2) is 40.6 Å². The second-order valence-corrected chi connectivity index (χ2v) is 5.65. The molecule has 0 fully saturated rings. The third-order valence-electron chi connectivity index (χ3n) is 2.57. The molecule has 0 N–H and O–H groups in total. The highest BCUT2D eigenvalue weighted by Gasteiger charge is 2.18. The maximum absolute atomic E-state index is 11.9. The topological polar surface area (TPSA) is 30.2 Å². The van der Waals surface area contributed by atoms with Gasteiger partial charge in [0.1, 0.15) is 0 Å². The summed E-state index contributed by atoms with van der Waals surface area (Å²) < 4.78 is 17.3. The molecular formula is C12H6Cl2O2P+. The van der Waals surface area contributed by atoms with Crippen molar-refractivity contribution in [3.8, 4) is 0 Å². The van der Waals surface area contributed by atoms with Crippen molar-refractivity contribution in [2.24, 2.45) is 0 Å². The fourth-order valence-electron chi connectivity index (χ4n) is 1.85. The quantitative estimate of drug-likeness (QED) is 0.500. The van der Waals surface area contributed by atoms with Crippen LogP contribution in [0.2, 0.25) is 10.0 Å². The van der Waals surface area contributed by atoms with Gasteiger partial charge in [-0.3, -0.25) is 0 Å². The van der Waals surface area contributed by atoms with Crippen LogP contribution in [0.1, 0.15) is 0 Å². The molecule has 0 aliphatic carbocycles. The van der Waals surface area contributed by atoms with Crippen LogP contribution in [0.4, 0.5) is 0 Å². The van der Waals surface area contributed by atoms with Crippen LogP contribution in [0.3, 0.4) is 0 Å². The molecule has 1 atom stereocenters. The molecule has 3 aromatic rings. The molecule has 1 heterocycles. The summed E-state index contributed by atoms with van der Waals surface area (Å²) >= 11 is 12.0. The van der Waals surface area contributed by atoms with E-state index in [1.54, 1.807) is 18.2 Å². The molecular weight excluding hydrogens is 278 g/mol. The van der Waals surface area contributed by atoms with Crippen molar-refractivity contribution < 1.29 is 8.76 Å². The predicted octanol–water partition coefficient (Wildman–Crippen LogP) is 5.64. The Morgan fingerprint density at radius 3 is 2.65 bits per heavy atom. The lowest BCUT2D eigenvalue weighted by Crippen LogP contribution is -1.77. The Morgan fingerprint density at radius 1 is 1.06 bits per heavy atom. The van der Waals surface area contributed by atoms with E-state index in [1.807, 2.05) is 18.2 Å². The largest absolute Gasteiger partial charge is 0.597 e. The third kappa shape index (κ3) is 1.73. The maximum Gasteiger partial charge on any atom is 0.597 e. The molecule has 0 saturated heterocycles. The van der Waals surface area contributed by atoms with Gasteiger partial charge in [0.25, 0.3) is 0 Å². The Bertz CT molecular complexity index is 795. The van der Waals surface area contributed by atoms with Crippen molar-refractivity contribution >= 4 is 52.3 Å². The van der Waals surface area contributed by atoms with Crippen LogP contribution in [0.5, 0.6) is 0 Å². The molecule has 1 aromatic heterocycles. The van der Waals surface area contributed by atoms with Crippen LogP contribution < -0.4 is 0 Å². The van der Waals surface area contributed by atoms with E-state index in [1.165, 1.54) is 0 Å². The minimum absolute atomic E-state index is 0.380. The van der Waals surface area contributed by atoms with Crippen LogP contribution in [0.25, 0.3) is 21.5 Å². The summed E-state index contributed by atoms with van der Waals surface area (Å²) in [6, 6.07) is 10.7. The Morgan fingerprint density at radius 2 is 1.82 bits per heavy atom. The first-order valence-electron chi connectivity index (χ1n) is 4.90. The predicted molar refractivity (Wildman–Crippen MR) is 71.3 cm³/mol. The highest BCUT2D eigenvalue weighted by molar-refractivity contribution is 7.37. The summed E-state index contributed by atoms with van der Waals surface area (Å²) in [4.78, 5) is 0. The van der Waals surface area contributed by atoms with Gasteiger partial charge >= 0.3 is 7.65 Å². The van der Waals surface area contributed by atoms with E-state index in [0.717, 1.165) is 10.8 Å². The number of hydrogen-bond acceptors (Lipinski definition) is 2. The van der Waals surface area contributed by atoms with Crippen molar-refractivity contribution in [3.63, 3.8) is 0 Å². The van der Waals surface area contributed by atoms with Crippen molar-refractivity contribution in [1.29, 1.82) is 0 Å². The Kier molecular flexibility index (Phi) is 2.59. The molecule has 0 aliphatic rings. The molecule has 0 aliphatic heterocycles. The fourth-order valence-corrected chi connectivity index (χ4v) is 3.49. The summed E-state index contributed by atoms with van der Waals surface area (Å²) in [5, 5.41) is 3.23. The van der Waals surface area contributed by atoms with Gasteiger partial charge in [0, 0.05) is 15.8 Å². The van der Waals surface area contributed by atoms with Gasteiger partial charge in [-0.2, -0.15) is 0 Å². The summed E-state index contributed by atoms with van der Waals surface area (Å²) in [5.74, 6) is 0. The van der Waals surface area contributed by atoms with Crippen molar-refractivity contribution in [2.45, 2.75) is 0 Å². The molecule has 84 valence electrons. The minimum Gasteiger partial charge on any atom is -0.248 e. The van der Waals surface area contributed by atoms with Gasteiger partial charge < -0.3 is 0 Å². The first-order valence-corrected chi connectivity index (χ1v) is 6.84. The van der Waals surface area contributed by atoms with Gasteiger partial charge in [0.15, 0.2) is 0 Å². The number of benzene rings is 2. The van der Waals surface area contributed by atoms with E-state index in [9.17, 15) is 4.57 Å². The SMILES string of the molecule is O=[p+]1oc2c(Cl)cc(Cl)cc2c2ccccc21. The smallest absolute Gasteiger partial charge is 0.248 e. The van der Waals surface area contributed by atoms with Gasteiger partial charge in [0.2, 0.25) is 10.7 Å². The summed E-state index contributed by atoms with van der Waals surface area (Å²) in [7, 11) is -1.90. The third-order valence-corrected chi connectivity index (χ3v) is 4.20. The average Bonchev–Trinajstić information content (AvgIpc) is 2.31. The number of hydrogen-bond donors (Lipinski definition) is 0. The number of fused-ring (bicyclic) bond motifs is 3. The maximum atomic E-state index is 11.9. The zero-order valence-corrected chi connectivity index (χ0v) is 10.9. The number of halogens is 2. The zero-order chi connectivity index (χ0) is 12.0. The van der Waals surface area contributed by atoms with Gasteiger partial charge in [0.05, 0.1) is 5.02 Å². The molecule has 17 heavy (non-hydrogen) atoms. The lowest BCUT2D eigenvalue weighted by molar-refractivity contribution is 0.563. The Labute approximate surface area is 108 Å². The van der Waals surface area contributed by atoms with Gasteiger partial charge in [-0.1, -0.05) is 35.3 Å². The lowest BCUT2D eigenvalue weighted by atomic mass is 10.1. The fraction of sp³-hybridized carbons (Fsp3) is 0. The lowest BCUT2D eigenvalue weighted by Gasteiger charge is -1.99. The van der Waals surface area contributed by atoms with E-state index < -0.39 is 7.65 Å². The average molecular weight is 284 g/mol. The monoisotopic (exact) mass is 283 g/mol. The van der Waals surface area contributed by atoms with E-state index in [2.05, 4.69) is 0 Å². The minimum atomic E-state index is -1.90. The standard InChI is InChI=1S/C12H6Cl2O2P/c13-7-5-9-8-3-1-2-4-11(8)17(15)16-12(9)10(14)6-7/h1-6H/q+1. The molecule has 0 radical (unpaired) electrons. The normalized spacial score (nSPS) is 12.2. The molecule has 1 unspecified atom stereocenters. The second-order valence-electron chi connectivity index (χ2n) is 3.63. The Balaban J connectivity index is 2.68. The van der Waals surface area contributed by atoms with Gasteiger partial charge in [-0.25, -0.2) is 4.20 Å². The van der Waals surface area contributed by atoms with E-state index in [0.29, 0.717) is 20.7 Å². The van der Waals surface area contributed by atoms with E-state index in [4.69, 9.17) is 27.4 Å². The molecule has 2 aromatic carbocycles. The van der Waals surface area contributed by atoms with Crippen LogP contribution in [-0.4, -0.2) is 0 Å². The summed E-state index contributed by atoms with van der Waals surface area (Å²) in [5.41, 5.74) is 0.441. The van der Waals surface area contributed by atoms with E-state index in [-0.39, 0.29) is 0 Å². The molecule has 5 heteroatoms. The number of rotatable bonds is 0. The highest BCUT2D eigenvalue weighted by Crippen LogP contribution is 2.39. The van der Waals surface area contributed by atoms with E-state index >= 15 is 0 Å². The van der Waals surface area contributed by atoms with Crippen LogP contribution in [0, 0.1) is 0 Å². The molecule has 2 nitrogen and oxygen atoms in total. The first kappa shape index (κ1) is 11.0.